The Balaban J connectivity index is 1.57. The zero-order chi connectivity index (χ0) is 21.3. The Kier molecular flexibility index (Phi) is 7.68. The monoisotopic (exact) mass is 469 g/mol. The van der Waals surface area contributed by atoms with Crippen molar-refractivity contribution in [2.24, 2.45) is 0 Å². The molecule has 156 valence electrons. The topological polar surface area (TPSA) is 65.4 Å². The minimum Gasteiger partial charge on any atom is -0.496 e. The van der Waals surface area contributed by atoms with Gasteiger partial charge in [0.05, 0.1) is 24.3 Å². The molecule has 0 saturated carbocycles. The summed E-state index contributed by atoms with van der Waals surface area (Å²) in [5, 5.41) is 7.00. The van der Waals surface area contributed by atoms with Gasteiger partial charge in [-0.15, -0.1) is 0 Å². The van der Waals surface area contributed by atoms with E-state index >= 15 is 0 Å². The molecule has 7 heteroatoms. The van der Waals surface area contributed by atoms with Crippen molar-refractivity contribution in [2.45, 2.75) is 20.1 Å². The van der Waals surface area contributed by atoms with Crippen LogP contribution in [0.3, 0.4) is 0 Å². The zero-order valence-corrected chi connectivity index (χ0v) is 18.6. The summed E-state index contributed by atoms with van der Waals surface area (Å²) >= 11 is 3.35. The molecule has 0 atom stereocenters. The molecule has 0 fully saturated rings. The van der Waals surface area contributed by atoms with Crippen LogP contribution in [-0.4, -0.2) is 29.3 Å². The molecule has 1 amide bonds. The standard InChI is InChI=1S/C23H24BrN3O3/c1-17-5-3-4-6-21(17)30-16-19-13-18(7-9-22(19)29-2)8-10-23(28)25-11-12-27-15-20(24)14-26-27/h3-10,13-15H,11-12,16H2,1-2H3,(H,25,28)/b10-8+. The Hall–Kier alpha value is -3.06. The van der Waals surface area contributed by atoms with Gasteiger partial charge in [0, 0.05) is 24.4 Å². The van der Waals surface area contributed by atoms with Gasteiger partial charge in [-0.2, -0.15) is 5.10 Å². The van der Waals surface area contributed by atoms with Crippen LogP contribution in [0.15, 0.2) is 65.4 Å². The van der Waals surface area contributed by atoms with Gasteiger partial charge in [0.1, 0.15) is 18.1 Å². The Labute approximate surface area is 184 Å². The summed E-state index contributed by atoms with van der Waals surface area (Å²) in [7, 11) is 1.63. The van der Waals surface area contributed by atoms with Crippen molar-refractivity contribution in [3.63, 3.8) is 0 Å². The number of nitrogens with zero attached hydrogens (tertiary/aromatic N) is 2. The van der Waals surface area contributed by atoms with Crippen molar-refractivity contribution in [1.82, 2.24) is 15.1 Å². The first-order chi connectivity index (χ1) is 14.5. The van der Waals surface area contributed by atoms with E-state index in [2.05, 4.69) is 26.3 Å². The summed E-state index contributed by atoms with van der Waals surface area (Å²) in [6.45, 7) is 3.49. The van der Waals surface area contributed by atoms with Gasteiger partial charge in [0.15, 0.2) is 0 Å². The number of rotatable bonds is 9. The molecule has 0 unspecified atom stereocenters. The Morgan fingerprint density at radius 3 is 2.80 bits per heavy atom. The number of hydrogen-bond acceptors (Lipinski definition) is 4. The molecular formula is C23H24BrN3O3. The maximum absolute atomic E-state index is 12.1. The molecule has 0 bridgehead atoms. The van der Waals surface area contributed by atoms with Gasteiger partial charge in [-0.05, 0) is 58.3 Å². The molecule has 1 N–H and O–H groups in total. The lowest BCUT2D eigenvalue weighted by Gasteiger charge is -2.12. The highest BCUT2D eigenvalue weighted by Gasteiger charge is 2.06. The number of amides is 1. The summed E-state index contributed by atoms with van der Waals surface area (Å²) in [4.78, 5) is 12.1. The van der Waals surface area contributed by atoms with Crippen molar-refractivity contribution < 1.29 is 14.3 Å². The minimum atomic E-state index is -0.158. The Bertz CT molecular complexity index is 1030. The lowest BCUT2D eigenvalue weighted by atomic mass is 10.1. The zero-order valence-electron chi connectivity index (χ0n) is 17.0. The lowest BCUT2D eigenvalue weighted by Crippen LogP contribution is -2.25. The van der Waals surface area contributed by atoms with Crippen LogP contribution in [0.1, 0.15) is 16.7 Å². The van der Waals surface area contributed by atoms with Crippen LogP contribution in [0.5, 0.6) is 11.5 Å². The van der Waals surface area contributed by atoms with E-state index in [0.29, 0.717) is 19.7 Å². The average molecular weight is 470 g/mol. The number of aromatic nitrogens is 2. The highest BCUT2D eigenvalue weighted by atomic mass is 79.9. The number of para-hydroxylation sites is 1. The maximum atomic E-state index is 12.1. The number of benzene rings is 2. The fourth-order valence-electron chi connectivity index (χ4n) is 2.87. The van der Waals surface area contributed by atoms with Gasteiger partial charge < -0.3 is 14.8 Å². The number of methoxy groups -OCH3 is 1. The van der Waals surface area contributed by atoms with E-state index in [1.807, 2.05) is 55.6 Å². The molecule has 1 aromatic heterocycles. The third-order valence-corrected chi connectivity index (χ3v) is 4.86. The van der Waals surface area contributed by atoms with Crippen LogP contribution in [0.2, 0.25) is 0 Å². The van der Waals surface area contributed by atoms with Crippen molar-refractivity contribution >= 4 is 27.9 Å². The first kappa shape index (κ1) is 21.6. The van der Waals surface area contributed by atoms with Crippen LogP contribution in [0.25, 0.3) is 6.08 Å². The number of aryl methyl sites for hydroxylation is 1. The summed E-state index contributed by atoms with van der Waals surface area (Å²) in [6, 6.07) is 13.6. The molecule has 6 nitrogen and oxygen atoms in total. The highest BCUT2D eigenvalue weighted by Crippen LogP contribution is 2.24. The molecule has 0 spiro atoms. The van der Waals surface area contributed by atoms with Crippen molar-refractivity contribution in [3.8, 4) is 11.5 Å². The van der Waals surface area contributed by atoms with Crippen molar-refractivity contribution in [2.75, 3.05) is 13.7 Å². The average Bonchev–Trinajstić information content (AvgIpc) is 3.16. The van der Waals surface area contributed by atoms with Gasteiger partial charge in [-0.1, -0.05) is 24.3 Å². The van der Waals surface area contributed by atoms with E-state index in [-0.39, 0.29) is 5.91 Å². The second-order valence-electron chi connectivity index (χ2n) is 6.67. The summed E-state index contributed by atoms with van der Waals surface area (Å²) < 4.78 is 14.1. The van der Waals surface area contributed by atoms with Gasteiger partial charge in [-0.3, -0.25) is 9.48 Å². The predicted octanol–water partition coefficient (Wildman–Crippen LogP) is 4.37. The molecule has 0 radical (unpaired) electrons. The highest BCUT2D eigenvalue weighted by molar-refractivity contribution is 9.10. The van der Waals surface area contributed by atoms with Gasteiger partial charge in [0.25, 0.3) is 0 Å². The molecular weight excluding hydrogens is 446 g/mol. The molecule has 3 aromatic rings. The van der Waals surface area contributed by atoms with Crippen LogP contribution >= 0.6 is 15.9 Å². The van der Waals surface area contributed by atoms with E-state index in [1.54, 1.807) is 24.1 Å². The Morgan fingerprint density at radius 2 is 2.07 bits per heavy atom. The minimum absolute atomic E-state index is 0.158. The molecule has 0 aliphatic heterocycles. The van der Waals surface area contributed by atoms with Crippen molar-refractivity contribution in [3.05, 3.63) is 82.1 Å². The second kappa shape index (κ2) is 10.6. The molecule has 30 heavy (non-hydrogen) atoms. The first-order valence-electron chi connectivity index (χ1n) is 9.54. The van der Waals surface area contributed by atoms with Crippen LogP contribution < -0.4 is 14.8 Å². The van der Waals surface area contributed by atoms with Crippen molar-refractivity contribution in [1.29, 1.82) is 0 Å². The molecule has 0 saturated heterocycles. The fourth-order valence-corrected chi connectivity index (χ4v) is 3.20. The normalized spacial score (nSPS) is 10.9. The third-order valence-electron chi connectivity index (χ3n) is 4.45. The maximum Gasteiger partial charge on any atom is 0.244 e. The lowest BCUT2D eigenvalue weighted by molar-refractivity contribution is -0.116. The molecule has 3 rings (SSSR count). The summed E-state index contributed by atoms with van der Waals surface area (Å²) in [5.41, 5.74) is 2.88. The van der Waals surface area contributed by atoms with E-state index < -0.39 is 0 Å². The van der Waals surface area contributed by atoms with Crippen LogP contribution in [0, 0.1) is 6.92 Å². The number of carbonyl (C=O) groups excluding carboxylic acids is 1. The largest absolute Gasteiger partial charge is 0.496 e. The van der Waals surface area contributed by atoms with Crippen LogP contribution in [0.4, 0.5) is 0 Å². The number of carbonyl (C=O) groups is 1. The molecule has 0 aliphatic carbocycles. The second-order valence-corrected chi connectivity index (χ2v) is 7.59. The number of ether oxygens (including phenoxy) is 2. The predicted molar refractivity (Wildman–Crippen MR) is 120 cm³/mol. The molecule has 0 aliphatic rings. The summed E-state index contributed by atoms with van der Waals surface area (Å²) in [6.07, 6.45) is 6.87. The number of hydrogen-bond donors (Lipinski definition) is 1. The SMILES string of the molecule is COc1ccc(/C=C/C(=O)NCCn2cc(Br)cn2)cc1COc1ccccc1C. The van der Waals surface area contributed by atoms with Gasteiger partial charge >= 0.3 is 0 Å². The van der Waals surface area contributed by atoms with E-state index in [9.17, 15) is 4.79 Å². The van der Waals surface area contributed by atoms with Gasteiger partial charge in [-0.25, -0.2) is 0 Å². The van der Waals surface area contributed by atoms with Gasteiger partial charge in [0.2, 0.25) is 5.91 Å². The number of nitrogens with one attached hydrogen (secondary N) is 1. The van der Waals surface area contributed by atoms with Crippen LogP contribution in [-0.2, 0) is 17.9 Å². The third kappa shape index (κ3) is 6.22. The molecule has 1 heterocycles. The van der Waals surface area contributed by atoms with E-state index in [0.717, 1.165) is 32.7 Å². The number of halogens is 1. The van der Waals surface area contributed by atoms with E-state index in [4.69, 9.17) is 9.47 Å². The summed E-state index contributed by atoms with van der Waals surface area (Å²) in [5.74, 6) is 1.43. The quantitative estimate of drug-likeness (QED) is 0.472. The molecule has 2 aromatic carbocycles. The first-order valence-corrected chi connectivity index (χ1v) is 10.3. The Morgan fingerprint density at radius 1 is 1.23 bits per heavy atom. The smallest absolute Gasteiger partial charge is 0.244 e. The van der Waals surface area contributed by atoms with E-state index in [1.165, 1.54) is 6.08 Å². The fraction of sp³-hybridized carbons (Fsp3) is 0.217.